The van der Waals surface area contributed by atoms with Gasteiger partial charge in [0, 0.05) is 6.20 Å². The molecular formula is C20H22F2N10O8P2S3. The van der Waals surface area contributed by atoms with Crippen LogP contribution >= 0.6 is 25.2 Å². The maximum Gasteiger partial charge on any atom is 0.325 e. The van der Waals surface area contributed by atoms with Crippen molar-refractivity contribution in [2.24, 2.45) is 0 Å². The van der Waals surface area contributed by atoms with Crippen LogP contribution in [0.1, 0.15) is 11.6 Å². The van der Waals surface area contributed by atoms with Gasteiger partial charge in [0.25, 0.3) is 5.56 Å². The molecule has 7 N–H and O–H groups in total. The summed E-state index contributed by atoms with van der Waals surface area (Å²) in [6.45, 7) is -9.71. The summed E-state index contributed by atoms with van der Waals surface area (Å²) in [6, 6.07) is 1.49. The Balaban J connectivity index is 1.21. The SMILES string of the molecule is Nc1nc2c(ncn2[C@@H]2S[C@@H]3COP(O)(=S)O[C@H]4[C@H](F)[C@H](n5nnc6c(N)ccnc65)O[C@@H]4COP(O)(=S)O[C@@H]2[C@@H]3F)c(=O)[nH]1. The first-order valence-corrected chi connectivity index (χ1v) is 19.0. The predicted octanol–water partition coefficient (Wildman–Crippen LogP) is 0.562. The van der Waals surface area contributed by atoms with Crippen LogP contribution in [0.25, 0.3) is 22.3 Å². The fourth-order valence-corrected chi connectivity index (χ4v) is 9.69. The van der Waals surface area contributed by atoms with Crippen molar-refractivity contribution < 1.29 is 41.4 Å². The molecule has 3 fully saturated rings. The fraction of sp³-hybridized carbons (Fsp3) is 0.500. The first-order chi connectivity index (χ1) is 21.3. The maximum absolute atomic E-state index is 16.0. The van der Waals surface area contributed by atoms with Crippen molar-refractivity contribution >= 4 is 82.8 Å². The number of hydrogen-bond acceptors (Lipinski definition) is 16. The van der Waals surface area contributed by atoms with Crippen molar-refractivity contribution in [2.75, 3.05) is 24.7 Å². The second-order valence-electron chi connectivity index (χ2n) is 10.1. The third-order valence-corrected chi connectivity index (χ3v) is 11.8. The summed E-state index contributed by atoms with van der Waals surface area (Å²) in [5.41, 5.74) is 11.5. The first kappa shape index (κ1) is 31.3. The number of fused-ring (bicyclic) bond motifs is 5. The van der Waals surface area contributed by atoms with Crippen LogP contribution in [0.5, 0.6) is 0 Å². The number of halogens is 2. The Hall–Kier alpha value is -2.27. The van der Waals surface area contributed by atoms with Crippen LogP contribution in [0.15, 0.2) is 23.4 Å². The van der Waals surface area contributed by atoms with Crippen LogP contribution in [0.2, 0.25) is 0 Å². The zero-order valence-corrected chi connectivity index (χ0v) is 26.5. The van der Waals surface area contributed by atoms with E-state index in [2.05, 4.69) is 30.2 Å². The molecule has 10 atom stereocenters. The summed E-state index contributed by atoms with van der Waals surface area (Å²) < 4.78 is 62.4. The zero-order valence-electron chi connectivity index (χ0n) is 22.3. The number of nitrogens with two attached hydrogens (primary N) is 2. The number of alkyl halides is 2. The molecular weight excluding hydrogens is 704 g/mol. The molecule has 4 aromatic rings. The van der Waals surface area contributed by atoms with Gasteiger partial charge in [-0.05, 0) is 29.7 Å². The van der Waals surface area contributed by atoms with E-state index in [1.54, 1.807) is 0 Å². The van der Waals surface area contributed by atoms with E-state index in [0.717, 1.165) is 16.4 Å². The molecule has 45 heavy (non-hydrogen) atoms. The highest BCUT2D eigenvalue weighted by atomic mass is 32.5. The summed E-state index contributed by atoms with van der Waals surface area (Å²) in [4.78, 5) is 48.9. The molecule has 4 aromatic heterocycles. The number of pyridine rings is 1. The number of aromatic nitrogens is 8. The maximum atomic E-state index is 16.0. The molecule has 0 radical (unpaired) electrons. The molecule has 3 aliphatic heterocycles. The van der Waals surface area contributed by atoms with Gasteiger partial charge in [-0.3, -0.25) is 23.4 Å². The summed E-state index contributed by atoms with van der Waals surface area (Å²) in [5, 5.41) is 5.73. The third kappa shape index (κ3) is 5.68. The molecule has 242 valence electrons. The number of anilines is 2. The van der Waals surface area contributed by atoms with Crippen LogP contribution in [0.4, 0.5) is 20.4 Å². The third-order valence-electron chi connectivity index (χ3n) is 7.21. The van der Waals surface area contributed by atoms with E-state index in [4.69, 9.17) is 57.9 Å². The van der Waals surface area contributed by atoms with Gasteiger partial charge in [-0.25, -0.2) is 18.7 Å². The number of H-pyrrole nitrogens is 1. The molecule has 7 heterocycles. The summed E-state index contributed by atoms with van der Waals surface area (Å²) in [6.07, 6.45) is -7.32. The normalized spacial score (nSPS) is 37.7. The van der Waals surface area contributed by atoms with Crippen LogP contribution in [-0.4, -0.2) is 98.4 Å². The molecule has 3 aliphatic rings. The highest BCUT2D eigenvalue weighted by molar-refractivity contribution is 8.07. The zero-order chi connectivity index (χ0) is 31.8. The minimum Gasteiger partial charge on any atom is -0.397 e. The van der Waals surface area contributed by atoms with Gasteiger partial charge in [0.15, 0.2) is 34.7 Å². The van der Waals surface area contributed by atoms with Gasteiger partial charge < -0.3 is 35.0 Å². The molecule has 7 rings (SSSR count). The van der Waals surface area contributed by atoms with Crippen molar-refractivity contribution in [3.05, 3.63) is 28.9 Å². The summed E-state index contributed by atoms with van der Waals surface area (Å²) in [5.74, 6) is -0.212. The van der Waals surface area contributed by atoms with E-state index < -0.39 is 79.7 Å². The lowest BCUT2D eigenvalue weighted by molar-refractivity contribution is -0.0493. The molecule has 0 aliphatic carbocycles. The lowest BCUT2D eigenvalue weighted by Crippen LogP contribution is -2.34. The number of aromatic amines is 1. The molecule has 2 unspecified atom stereocenters. The number of nitrogen functional groups attached to an aromatic ring is 2. The number of nitrogens with zero attached hydrogens (tertiary/aromatic N) is 7. The lowest BCUT2D eigenvalue weighted by Gasteiger charge is -2.27. The lowest BCUT2D eigenvalue weighted by atomic mass is 10.1. The number of thioether (sulfide) groups is 1. The van der Waals surface area contributed by atoms with E-state index in [9.17, 15) is 14.6 Å². The molecule has 0 saturated carbocycles. The Morgan fingerprint density at radius 2 is 1.78 bits per heavy atom. The Morgan fingerprint density at radius 1 is 1.04 bits per heavy atom. The summed E-state index contributed by atoms with van der Waals surface area (Å²) in [7, 11) is 0. The number of hydrogen-bond donors (Lipinski definition) is 5. The van der Waals surface area contributed by atoms with Crippen LogP contribution in [0, 0.1) is 0 Å². The predicted molar refractivity (Wildman–Crippen MR) is 161 cm³/mol. The van der Waals surface area contributed by atoms with E-state index in [1.165, 1.54) is 23.2 Å². The van der Waals surface area contributed by atoms with Gasteiger partial charge in [0.05, 0.1) is 30.5 Å². The van der Waals surface area contributed by atoms with Gasteiger partial charge in [0.2, 0.25) is 5.95 Å². The Bertz CT molecular complexity index is 1950. The highest BCUT2D eigenvalue weighted by Gasteiger charge is 2.53. The fourth-order valence-electron chi connectivity index (χ4n) is 5.18. The van der Waals surface area contributed by atoms with Crippen molar-refractivity contribution in [3.63, 3.8) is 0 Å². The first-order valence-electron chi connectivity index (χ1n) is 12.9. The van der Waals surface area contributed by atoms with E-state index in [0.29, 0.717) is 0 Å². The minimum atomic E-state index is -4.29. The summed E-state index contributed by atoms with van der Waals surface area (Å²) >= 11 is 11.3. The van der Waals surface area contributed by atoms with Gasteiger partial charge in [-0.15, -0.1) is 16.9 Å². The van der Waals surface area contributed by atoms with E-state index in [-0.39, 0.29) is 34.0 Å². The Kier molecular flexibility index (Phi) is 7.98. The second kappa shape index (κ2) is 11.5. The molecule has 2 bridgehead atoms. The van der Waals surface area contributed by atoms with Crippen molar-refractivity contribution in [3.8, 4) is 0 Å². The smallest absolute Gasteiger partial charge is 0.325 e. The van der Waals surface area contributed by atoms with Crippen LogP contribution in [-0.2, 0) is 46.4 Å². The monoisotopic (exact) mass is 726 g/mol. The number of rotatable bonds is 2. The van der Waals surface area contributed by atoms with Gasteiger partial charge >= 0.3 is 13.4 Å². The molecule has 3 saturated heterocycles. The van der Waals surface area contributed by atoms with E-state index in [1.807, 2.05) is 0 Å². The Morgan fingerprint density at radius 3 is 2.56 bits per heavy atom. The van der Waals surface area contributed by atoms with E-state index >= 15 is 8.78 Å². The molecule has 0 spiro atoms. The number of nitrogens with one attached hydrogen (secondary N) is 1. The highest BCUT2D eigenvalue weighted by Crippen LogP contribution is 2.57. The molecule has 18 nitrogen and oxygen atoms in total. The largest absolute Gasteiger partial charge is 0.397 e. The number of ether oxygens (including phenoxy) is 1. The number of imidazole rings is 1. The van der Waals surface area contributed by atoms with Gasteiger partial charge in [-0.1, -0.05) is 5.21 Å². The standard InChI is InChI=1S/C20H22F2N10O8P2S3/c21-9-8-4-37-42(35,44)39-13-7(38-18(10(13)22)32-15-11(29-30-32)6(23)1-2-25-15)3-36-41(34,43)40-14(9)19(45-8)31-5-26-12-16(31)27-20(24)28-17(12)33/h1-2,5,7-10,13-14,18-19H,3-4H2,(H2,23,25)(H,34,43)(H,35,44)(H3,24,27,28,33)/t7-,8-,9-,10+,13-,14-,18-,19-,41?,42?/m1/s1. The topological polar surface area (TPSA) is 246 Å². The average molecular weight is 727 g/mol. The molecule has 0 amide bonds. The second-order valence-corrected chi connectivity index (χ2v) is 17.0. The van der Waals surface area contributed by atoms with Crippen LogP contribution < -0.4 is 17.0 Å². The molecule has 0 aromatic carbocycles. The van der Waals surface area contributed by atoms with Gasteiger partial charge in [0.1, 0.15) is 29.9 Å². The van der Waals surface area contributed by atoms with Gasteiger partial charge in [-0.2, -0.15) is 9.67 Å². The van der Waals surface area contributed by atoms with Crippen molar-refractivity contribution in [1.82, 2.24) is 39.5 Å². The average Bonchev–Trinajstić information content (AvgIpc) is 3.72. The Labute approximate surface area is 264 Å². The minimum absolute atomic E-state index is 0.0131. The quantitative estimate of drug-likeness (QED) is 0.177. The molecule has 25 heteroatoms. The van der Waals surface area contributed by atoms with Crippen molar-refractivity contribution in [1.29, 1.82) is 0 Å². The van der Waals surface area contributed by atoms with Crippen molar-refractivity contribution in [2.45, 2.75) is 47.5 Å². The van der Waals surface area contributed by atoms with Crippen LogP contribution in [0.3, 0.4) is 0 Å².